The number of rotatable bonds is 3. The van der Waals surface area contributed by atoms with Crippen LogP contribution in [0.4, 0.5) is 0 Å². The highest BCUT2D eigenvalue weighted by Crippen LogP contribution is 2.56. The van der Waals surface area contributed by atoms with Crippen LogP contribution in [-0.2, 0) is 23.8 Å². The molecule has 0 aromatic rings. The molecule has 0 saturated heterocycles. The van der Waals surface area contributed by atoms with E-state index in [2.05, 4.69) is 6.08 Å². The van der Waals surface area contributed by atoms with E-state index < -0.39 is 17.7 Å². The van der Waals surface area contributed by atoms with Crippen molar-refractivity contribution in [1.29, 1.82) is 0 Å². The summed E-state index contributed by atoms with van der Waals surface area (Å²) in [5.74, 6) is -2.39. The average Bonchev–Trinajstić information content (AvgIpc) is 2.97. The number of esters is 1. The third-order valence-electron chi connectivity index (χ3n) is 4.89. The number of Topliss-reactive ketones (excluding diaryl/α,β-unsaturated/α-hetero) is 1. The lowest BCUT2D eigenvalue weighted by Crippen LogP contribution is -2.63. The van der Waals surface area contributed by atoms with Gasteiger partial charge < -0.3 is 14.2 Å². The molecule has 5 nitrogen and oxygen atoms in total. The number of methoxy groups -OCH3 is 3. The first-order valence-electron chi connectivity index (χ1n) is 6.72. The van der Waals surface area contributed by atoms with Crippen molar-refractivity contribution in [3.63, 3.8) is 0 Å². The Hall–Kier alpha value is -1.46. The number of ketones is 1. The highest BCUT2D eigenvalue weighted by Gasteiger charge is 2.64. The zero-order chi connectivity index (χ0) is 14.5. The Bertz CT molecular complexity index is 514. The first kappa shape index (κ1) is 13.5. The maximum absolute atomic E-state index is 12.8. The summed E-state index contributed by atoms with van der Waals surface area (Å²) in [5.41, 5.74) is 0.444. The Morgan fingerprint density at radius 3 is 2.60 bits per heavy atom. The lowest BCUT2D eigenvalue weighted by molar-refractivity contribution is -0.248. The van der Waals surface area contributed by atoms with Crippen molar-refractivity contribution in [1.82, 2.24) is 0 Å². The Labute approximate surface area is 117 Å². The van der Waals surface area contributed by atoms with E-state index in [0.29, 0.717) is 5.57 Å². The molecule has 4 atom stereocenters. The maximum Gasteiger partial charge on any atom is 0.334 e. The van der Waals surface area contributed by atoms with Crippen LogP contribution in [0.5, 0.6) is 0 Å². The van der Waals surface area contributed by atoms with Crippen LogP contribution in [0.2, 0.25) is 0 Å². The van der Waals surface area contributed by atoms with Crippen molar-refractivity contribution in [3.05, 3.63) is 23.8 Å². The molecule has 0 aliphatic heterocycles. The van der Waals surface area contributed by atoms with Gasteiger partial charge in [0.2, 0.25) is 11.6 Å². The number of fused-ring (bicyclic) bond motifs is 1. The van der Waals surface area contributed by atoms with Gasteiger partial charge in [-0.25, -0.2) is 4.79 Å². The predicted octanol–water partition coefficient (Wildman–Crippen LogP) is 1.10. The minimum absolute atomic E-state index is 0.0463. The second-order valence-corrected chi connectivity index (χ2v) is 5.46. The number of allylic oxidation sites excluding steroid dienone is 2. The van der Waals surface area contributed by atoms with Crippen LogP contribution in [0, 0.1) is 23.7 Å². The molecule has 0 heterocycles. The lowest BCUT2D eigenvalue weighted by Gasteiger charge is -2.52. The van der Waals surface area contributed by atoms with Gasteiger partial charge in [-0.2, -0.15) is 0 Å². The van der Waals surface area contributed by atoms with Crippen LogP contribution in [0.15, 0.2) is 23.8 Å². The quantitative estimate of drug-likeness (QED) is 0.439. The van der Waals surface area contributed by atoms with E-state index in [4.69, 9.17) is 14.2 Å². The molecule has 4 aliphatic rings. The molecule has 1 saturated carbocycles. The van der Waals surface area contributed by atoms with E-state index in [1.54, 1.807) is 0 Å². The van der Waals surface area contributed by atoms with Crippen LogP contribution in [-0.4, -0.2) is 38.9 Å². The van der Waals surface area contributed by atoms with Gasteiger partial charge in [0.25, 0.3) is 0 Å². The van der Waals surface area contributed by atoms with Crippen molar-refractivity contribution in [2.24, 2.45) is 23.7 Å². The molecule has 0 N–H and O–H groups in total. The third-order valence-corrected chi connectivity index (χ3v) is 4.89. The van der Waals surface area contributed by atoms with Gasteiger partial charge in [-0.05, 0) is 18.3 Å². The molecule has 0 aromatic heterocycles. The zero-order valence-corrected chi connectivity index (χ0v) is 11.8. The molecule has 5 heteroatoms. The second-order valence-electron chi connectivity index (χ2n) is 5.46. The van der Waals surface area contributed by atoms with Crippen molar-refractivity contribution in [2.45, 2.75) is 12.2 Å². The largest absolute Gasteiger partial charge is 0.466 e. The van der Waals surface area contributed by atoms with Gasteiger partial charge in [0.15, 0.2) is 0 Å². The maximum atomic E-state index is 12.8. The van der Waals surface area contributed by atoms with Gasteiger partial charge in [0.1, 0.15) is 0 Å². The standard InChI is InChI=1S/C15H18O5/c1-18-14(17)10-7-11-8-5-4-6-9(8)12(10)13(16)15(11,19-2)20-3/h4,6-9,11-12H,5H2,1-3H3/t8-,9+,11+,12-/m1/s1. The number of carbonyl (C=O) groups is 2. The van der Waals surface area contributed by atoms with Gasteiger partial charge in [-0.15, -0.1) is 0 Å². The molecule has 0 unspecified atom stereocenters. The fourth-order valence-corrected chi connectivity index (χ4v) is 4.02. The van der Waals surface area contributed by atoms with E-state index in [9.17, 15) is 9.59 Å². The van der Waals surface area contributed by atoms with E-state index in [1.807, 2.05) is 12.2 Å². The summed E-state index contributed by atoms with van der Waals surface area (Å²) in [4.78, 5) is 24.7. The normalized spacial score (nSPS) is 36.8. The van der Waals surface area contributed by atoms with Gasteiger partial charge >= 0.3 is 5.97 Å². The van der Waals surface area contributed by atoms with Crippen LogP contribution in [0.3, 0.4) is 0 Å². The molecular formula is C15H18O5. The zero-order valence-electron chi connectivity index (χ0n) is 11.8. The summed E-state index contributed by atoms with van der Waals surface area (Å²) in [6, 6.07) is 0. The fraction of sp³-hybridized carbons (Fsp3) is 0.600. The summed E-state index contributed by atoms with van der Waals surface area (Å²) in [6.45, 7) is 0. The molecule has 0 aromatic carbocycles. The Balaban J connectivity index is 2.13. The predicted molar refractivity (Wildman–Crippen MR) is 69.6 cm³/mol. The number of ether oxygens (including phenoxy) is 3. The summed E-state index contributed by atoms with van der Waals surface area (Å²) in [7, 11) is 4.29. The van der Waals surface area contributed by atoms with Gasteiger partial charge in [0, 0.05) is 25.7 Å². The smallest absolute Gasteiger partial charge is 0.334 e. The molecule has 4 aliphatic carbocycles. The Kier molecular flexibility index (Phi) is 3.06. The SMILES string of the molecule is COC(=O)C1=C[C@H]2[C@@H]3CC=C[C@@H]3[C@H]1C(=O)C2(OC)OC. The molecule has 20 heavy (non-hydrogen) atoms. The number of carbonyl (C=O) groups excluding carboxylic acids is 2. The monoisotopic (exact) mass is 278 g/mol. The van der Waals surface area contributed by atoms with Gasteiger partial charge in [-0.1, -0.05) is 18.2 Å². The van der Waals surface area contributed by atoms with E-state index in [0.717, 1.165) is 6.42 Å². The molecular weight excluding hydrogens is 260 g/mol. The topological polar surface area (TPSA) is 61.8 Å². The summed E-state index contributed by atoms with van der Waals surface area (Å²) in [6.07, 6.45) is 6.79. The van der Waals surface area contributed by atoms with Crippen molar-refractivity contribution >= 4 is 11.8 Å². The Morgan fingerprint density at radius 1 is 1.30 bits per heavy atom. The minimum Gasteiger partial charge on any atom is -0.466 e. The summed E-state index contributed by atoms with van der Waals surface area (Å²) < 4.78 is 15.7. The van der Waals surface area contributed by atoms with Gasteiger partial charge in [-0.3, -0.25) is 4.79 Å². The van der Waals surface area contributed by atoms with E-state index >= 15 is 0 Å². The minimum atomic E-state index is -1.27. The van der Waals surface area contributed by atoms with E-state index in [-0.39, 0.29) is 23.5 Å². The average molecular weight is 278 g/mol. The molecule has 0 spiro atoms. The van der Waals surface area contributed by atoms with Crippen LogP contribution in [0.1, 0.15) is 6.42 Å². The van der Waals surface area contributed by atoms with Crippen molar-refractivity contribution in [2.75, 3.05) is 21.3 Å². The first-order valence-corrected chi connectivity index (χ1v) is 6.72. The van der Waals surface area contributed by atoms with E-state index in [1.165, 1.54) is 21.3 Å². The number of hydrogen-bond donors (Lipinski definition) is 0. The molecule has 108 valence electrons. The van der Waals surface area contributed by atoms with Crippen LogP contribution >= 0.6 is 0 Å². The first-order chi connectivity index (χ1) is 9.60. The van der Waals surface area contributed by atoms with Crippen molar-refractivity contribution < 1.29 is 23.8 Å². The molecule has 1 fully saturated rings. The highest BCUT2D eigenvalue weighted by atomic mass is 16.7. The van der Waals surface area contributed by atoms with Crippen molar-refractivity contribution in [3.8, 4) is 0 Å². The summed E-state index contributed by atoms with van der Waals surface area (Å²) in [5, 5.41) is 0. The second kappa shape index (κ2) is 4.53. The fourth-order valence-electron chi connectivity index (χ4n) is 4.02. The molecule has 4 rings (SSSR count). The Morgan fingerprint density at radius 2 is 2.00 bits per heavy atom. The lowest BCUT2D eigenvalue weighted by atomic mass is 9.57. The summed E-state index contributed by atoms with van der Waals surface area (Å²) >= 11 is 0. The third kappa shape index (κ3) is 1.45. The highest BCUT2D eigenvalue weighted by molar-refractivity contribution is 6.03. The van der Waals surface area contributed by atoms with Gasteiger partial charge in [0.05, 0.1) is 13.0 Å². The number of hydrogen-bond acceptors (Lipinski definition) is 5. The molecule has 2 bridgehead atoms. The van der Waals surface area contributed by atoms with Crippen LogP contribution in [0.25, 0.3) is 0 Å². The molecule has 0 amide bonds. The molecule has 0 radical (unpaired) electrons. The van der Waals surface area contributed by atoms with Crippen LogP contribution < -0.4 is 0 Å².